The summed E-state index contributed by atoms with van der Waals surface area (Å²) in [5, 5.41) is 7.38. The molecule has 1 rings (SSSR count). The van der Waals surface area contributed by atoms with Gasteiger partial charge in [-0.15, -0.1) is 0 Å². The second-order valence-electron chi connectivity index (χ2n) is 1.75. The Morgan fingerprint density at radius 1 is 1.33 bits per heavy atom. The minimum atomic E-state index is 0. The summed E-state index contributed by atoms with van der Waals surface area (Å²) in [6.45, 7) is 0. The molecule has 0 atom stereocenters. The summed E-state index contributed by atoms with van der Waals surface area (Å²) in [5.74, 6) is 0. The largest absolute Gasteiger partial charge is 0.298 e. The minimum Gasteiger partial charge on any atom is -0.298 e. The van der Waals surface area contributed by atoms with Gasteiger partial charge in [0, 0.05) is 5.56 Å². The zero-order chi connectivity index (χ0) is 8.53. The van der Waals surface area contributed by atoms with Crippen molar-refractivity contribution < 1.29 is 4.79 Å². The molecule has 0 radical (unpaired) electrons. The van der Waals surface area contributed by atoms with Crippen molar-refractivity contribution in [1.82, 2.24) is 0 Å². The third-order valence-corrected chi connectivity index (χ3v) is 0.936. The van der Waals surface area contributed by atoms with Crippen LogP contribution in [-0.4, -0.2) is 42.6 Å². The Morgan fingerprint density at radius 3 is 2.00 bits per heavy atom. The molecule has 1 aromatic rings. The van der Waals surface area contributed by atoms with Crippen LogP contribution in [0, 0.1) is 8.58 Å². The van der Waals surface area contributed by atoms with Crippen LogP contribution in [0.1, 0.15) is 10.4 Å². The average molecular weight is 169 g/mol. The van der Waals surface area contributed by atoms with Crippen molar-refractivity contribution in [1.29, 1.82) is 5.26 Å². The molecule has 0 fully saturated rings. The molecule has 0 aliphatic heterocycles. The number of benzene rings is 1. The van der Waals surface area contributed by atoms with Crippen LogP contribution < -0.4 is 0 Å². The van der Waals surface area contributed by atoms with E-state index in [1.54, 1.807) is 12.1 Å². The zero-order valence-corrected chi connectivity index (χ0v) is 8.32. The number of carbonyl (C=O) groups is 1. The van der Waals surface area contributed by atoms with Crippen LogP contribution in [0.3, 0.4) is 0 Å². The Kier molecular flexibility index (Phi) is 12.2. The molecule has 0 aliphatic carbocycles. The van der Waals surface area contributed by atoms with Gasteiger partial charge in [0.1, 0.15) is 6.29 Å². The SMILES string of the molecule is B.N#[C][Na].O=Cc1ccccc1. The van der Waals surface area contributed by atoms with Crippen LogP contribution in [0.4, 0.5) is 0 Å². The van der Waals surface area contributed by atoms with Crippen LogP contribution in [0.5, 0.6) is 0 Å². The van der Waals surface area contributed by atoms with Gasteiger partial charge in [0.15, 0.2) is 0 Å². The topological polar surface area (TPSA) is 40.9 Å². The second-order valence-corrected chi connectivity index (χ2v) is 2.20. The van der Waals surface area contributed by atoms with Gasteiger partial charge >= 0.3 is 36.5 Å². The first kappa shape index (κ1) is 14.0. The van der Waals surface area contributed by atoms with Crippen molar-refractivity contribution in [3.05, 3.63) is 35.9 Å². The number of hydrogen-bond donors (Lipinski definition) is 0. The summed E-state index contributed by atoms with van der Waals surface area (Å²) in [6, 6.07) is 9.10. The van der Waals surface area contributed by atoms with Gasteiger partial charge in [-0.3, -0.25) is 4.79 Å². The first-order chi connectivity index (χ1) is 5.35. The fourth-order valence-electron chi connectivity index (χ4n) is 0.532. The Morgan fingerprint density at radius 2 is 1.75 bits per heavy atom. The molecule has 0 N–H and O–H groups in total. The van der Waals surface area contributed by atoms with Gasteiger partial charge in [0.2, 0.25) is 0 Å². The van der Waals surface area contributed by atoms with Crippen LogP contribution in [-0.2, 0) is 0 Å². The van der Waals surface area contributed by atoms with E-state index in [2.05, 4.69) is 0 Å². The van der Waals surface area contributed by atoms with E-state index in [0.717, 1.165) is 11.8 Å². The molecular formula is C8H9BNNaO. The van der Waals surface area contributed by atoms with Crippen LogP contribution in [0.2, 0.25) is 0 Å². The van der Waals surface area contributed by atoms with Crippen LogP contribution in [0.25, 0.3) is 0 Å². The van der Waals surface area contributed by atoms with Crippen LogP contribution in [0.15, 0.2) is 30.3 Å². The number of hydrogen-bond acceptors (Lipinski definition) is 2. The van der Waals surface area contributed by atoms with E-state index < -0.39 is 0 Å². The van der Waals surface area contributed by atoms with Gasteiger partial charge in [-0.05, 0) is 0 Å². The normalized spacial score (nSPS) is 6.42. The van der Waals surface area contributed by atoms with Crippen molar-refractivity contribution in [2.45, 2.75) is 0 Å². The number of nitrogens with zero attached hydrogens (tertiary/aromatic N) is 1. The first-order valence-electron chi connectivity index (χ1n) is 3.16. The van der Waals surface area contributed by atoms with Crippen molar-refractivity contribution in [2.24, 2.45) is 0 Å². The molecule has 2 nitrogen and oxygen atoms in total. The quantitative estimate of drug-likeness (QED) is 0.436. The minimum absolute atomic E-state index is 0. The van der Waals surface area contributed by atoms with Gasteiger partial charge in [0.05, 0.1) is 8.41 Å². The molecule has 12 heavy (non-hydrogen) atoms. The van der Waals surface area contributed by atoms with Crippen molar-refractivity contribution in [3.63, 3.8) is 0 Å². The summed E-state index contributed by atoms with van der Waals surface area (Å²) in [7, 11) is 0. The molecule has 0 spiro atoms. The van der Waals surface area contributed by atoms with Crippen molar-refractivity contribution >= 4 is 42.6 Å². The standard InChI is InChI=1S/C7H6O.CN.BH3.Na/c8-6-7-4-2-1-3-5-7;1-2;;/h1-6H;;1H3;. The third-order valence-electron chi connectivity index (χ3n) is 0.936. The first-order valence-corrected chi connectivity index (χ1v) is 4.16. The number of rotatable bonds is 1. The monoisotopic (exact) mass is 169 g/mol. The second kappa shape index (κ2) is 10.4. The van der Waals surface area contributed by atoms with E-state index in [0.29, 0.717) is 27.9 Å². The zero-order valence-electron chi connectivity index (χ0n) is 6.32. The predicted molar refractivity (Wildman–Crippen MR) is 53.1 cm³/mol. The maximum atomic E-state index is 10.0. The molecule has 4 heteroatoms. The molecule has 0 unspecified atom stereocenters. The molecule has 0 bridgehead atoms. The molecule has 0 heterocycles. The van der Waals surface area contributed by atoms with Crippen molar-refractivity contribution in [3.8, 4) is 3.32 Å². The van der Waals surface area contributed by atoms with E-state index in [4.69, 9.17) is 5.26 Å². The van der Waals surface area contributed by atoms with E-state index >= 15 is 0 Å². The molecule has 0 saturated carbocycles. The summed E-state index contributed by atoms with van der Waals surface area (Å²) in [5.41, 5.74) is 0.729. The number of nitriles is 1. The molecule has 0 amide bonds. The van der Waals surface area contributed by atoms with Gasteiger partial charge in [-0.1, -0.05) is 30.3 Å². The fourth-order valence-corrected chi connectivity index (χ4v) is 0.532. The third kappa shape index (κ3) is 7.55. The van der Waals surface area contributed by atoms with Crippen LogP contribution >= 0.6 is 0 Å². The molecule has 1 aromatic carbocycles. The Balaban J connectivity index is 0. The molecule has 0 aromatic heterocycles. The van der Waals surface area contributed by atoms with E-state index in [-0.39, 0.29) is 8.41 Å². The van der Waals surface area contributed by atoms with E-state index in [1.807, 2.05) is 21.5 Å². The summed E-state index contributed by atoms with van der Waals surface area (Å²) in [4.78, 5) is 10.0. The Labute approximate surface area is 91.6 Å². The summed E-state index contributed by atoms with van der Waals surface area (Å²) >= 11 is 0.674. The van der Waals surface area contributed by atoms with E-state index in [9.17, 15) is 4.79 Å². The Bertz CT molecular complexity index is 245. The molecule has 0 aliphatic rings. The van der Waals surface area contributed by atoms with Crippen molar-refractivity contribution in [2.75, 3.05) is 0 Å². The fraction of sp³-hybridized carbons (Fsp3) is 0. The Hall–Kier alpha value is -0.555. The summed E-state index contributed by atoms with van der Waals surface area (Å²) in [6.07, 6.45) is 0.833. The van der Waals surface area contributed by atoms with Gasteiger partial charge in [-0.25, -0.2) is 0 Å². The van der Waals surface area contributed by atoms with E-state index in [1.165, 1.54) is 0 Å². The summed E-state index contributed by atoms with van der Waals surface area (Å²) < 4.78 is 1.89. The molecule has 0 saturated heterocycles. The molecule has 56 valence electrons. The maximum absolute atomic E-state index is 10.0. The van der Waals surface area contributed by atoms with Gasteiger partial charge in [-0.2, -0.15) is 0 Å². The smallest absolute Gasteiger partial charge is 0.150 e. The number of aldehydes is 1. The predicted octanol–water partition coefficient (Wildman–Crippen LogP) is -0.0488. The number of carbonyl (C=O) groups excluding carboxylic acids is 1. The maximum Gasteiger partial charge on any atom is 0.150 e. The average Bonchev–Trinajstić information content (AvgIpc) is 2.08. The molecular weight excluding hydrogens is 160 g/mol. The van der Waals surface area contributed by atoms with Gasteiger partial charge in [0.25, 0.3) is 0 Å². The van der Waals surface area contributed by atoms with Gasteiger partial charge < -0.3 is 0 Å².